The summed E-state index contributed by atoms with van der Waals surface area (Å²) < 4.78 is 4.82. The minimum absolute atomic E-state index is 0.333. The molecule has 4 heteroatoms. The van der Waals surface area contributed by atoms with Gasteiger partial charge in [0.25, 0.3) is 0 Å². The molecule has 0 aliphatic heterocycles. The number of hydrogen-bond donors (Lipinski definition) is 0. The van der Waals surface area contributed by atoms with Crippen LogP contribution in [-0.4, -0.2) is 26.7 Å². The van der Waals surface area contributed by atoms with Gasteiger partial charge in [-0.15, -0.1) is 0 Å². The average Bonchev–Trinajstić information content (AvgIpc) is 2.92. The van der Waals surface area contributed by atoms with Crippen LogP contribution < -0.4 is 4.90 Å². The molecule has 2 rings (SSSR count). The van der Waals surface area contributed by atoms with Gasteiger partial charge in [-0.05, 0) is 43.4 Å². The van der Waals surface area contributed by atoms with Gasteiger partial charge in [0.1, 0.15) is 0 Å². The molecule has 0 atom stereocenters. The molecule has 3 nitrogen and oxygen atoms in total. The van der Waals surface area contributed by atoms with Crippen LogP contribution >= 0.6 is 11.6 Å². The molecule has 0 radical (unpaired) electrons. The molecule has 0 aromatic heterocycles. The number of carbonyl (C=O) groups excluding carboxylic acids is 1. The Bertz CT molecular complexity index is 495. The lowest BCUT2D eigenvalue weighted by atomic mass is 10.0. The van der Waals surface area contributed by atoms with Gasteiger partial charge in [-0.2, -0.15) is 0 Å². The standard InChI is InChI=1S/C16H22ClNO2/c1-11-14(16(19)20-3)8-13(17)9-15(11)18(2)10-12-6-4-5-7-12/h8-9,12H,4-7,10H2,1-3H3. The summed E-state index contributed by atoms with van der Waals surface area (Å²) >= 11 is 6.15. The minimum atomic E-state index is -0.333. The third-order valence-corrected chi connectivity index (χ3v) is 4.39. The number of benzene rings is 1. The number of nitrogens with zero attached hydrogens (tertiary/aromatic N) is 1. The molecule has 1 aliphatic rings. The van der Waals surface area contributed by atoms with Crippen LogP contribution in [0.15, 0.2) is 12.1 Å². The molecule has 1 fully saturated rings. The maximum absolute atomic E-state index is 11.8. The topological polar surface area (TPSA) is 29.5 Å². The van der Waals surface area contributed by atoms with Gasteiger partial charge in [-0.1, -0.05) is 24.4 Å². The zero-order valence-electron chi connectivity index (χ0n) is 12.4. The Hall–Kier alpha value is -1.22. The predicted molar refractivity (Wildman–Crippen MR) is 82.8 cm³/mol. The number of halogens is 1. The summed E-state index contributed by atoms with van der Waals surface area (Å²) in [7, 11) is 3.46. The van der Waals surface area contributed by atoms with E-state index in [0.29, 0.717) is 10.6 Å². The first-order valence-electron chi connectivity index (χ1n) is 7.12. The van der Waals surface area contributed by atoms with Crippen LogP contribution in [0, 0.1) is 12.8 Å². The second kappa shape index (κ2) is 6.49. The van der Waals surface area contributed by atoms with Crippen molar-refractivity contribution in [2.24, 2.45) is 5.92 Å². The molecule has 0 heterocycles. The molecule has 1 saturated carbocycles. The number of hydrogen-bond acceptors (Lipinski definition) is 3. The van der Waals surface area contributed by atoms with Gasteiger partial charge >= 0.3 is 5.97 Å². The fraction of sp³-hybridized carbons (Fsp3) is 0.562. The lowest BCUT2D eigenvalue weighted by Crippen LogP contribution is -2.25. The lowest BCUT2D eigenvalue weighted by molar-refractivity contribution is 0.0600. The first-order chi connectivity index (χ1) is 9.52. The third-order valence-electron chi connectivity index (χ3n) is 4.17. The van der Waals surface area contributed by atoms with Crippen LogP contribution in [0.25, 0.3) is 0 Å². The molecule has 0 unspecified atom stereocenters. The quantitative estimate of drug-likeness (QED) is 0.785. The van der Waals surface area contributed by atoms with E-state index in [1.54, 1.807) is 6.07 Å². The van der Waals surface area contributed by atoms with E-state index in [0.717, 1.165) is 23.7 Å². The summed E-state index contributed by atoms with van der Waals surface area (Å²) in [6.07, 6.45) is 5.27. The monoisotopic (exact) mass is 295 g/mol. The Balaban J connectivity index is 2.25. The molecule has 0 bridgehead atoms. The molecule has 1 aromatic rings. The van der Waals surface area contributed by atoms with Crippen molar-refractivity contribution in [1.82, 2.24) is 0 Å². The van der Waals surface area contributed by atoms with E-state index >= 15 is 0 Å². The molecular formula is C16H22ClNO2. The number of esters is 1. The highest BCUT2D eigenvalue weighted by molar-refractivity contribution is 6.31. The number of ether oxygens (including phenoxy) is 1. The average molecular weight is 296 g/mol. The molecule has 0 saturated heterocycles. The number of rotatable bonds is 4. The Morgan fingerprint density at radius 3 is 2.65 bits per heavy atom. The maximum atomic E-state index is 11.8. The van der Waals surface area contributed by atoms with E-state index in [1.807, 2.05) is 13.0 Å². The van der Waals surface area contributed by atoms with E-state index in [-0.39, 0.29) is 5.97 Å². The fourth-order valence-electron chi connectivity index (χ4n) is 3.06. The summed E-state index contributed by atoms with van der Waals surface area (Å²) in [5.41, 5.74) is 2.50. The molecule has 110 valence electrons. The Kier molecular flexibility index (Phi) is 4.92. The smallest absolute Gasteiger partial charge is 0.338 e. The van der Waals surface area contributed by atoms with Gasteiger partial charge in [0.2, 0.25) is 0 Å². The van der Waals surface area contributed by atoms with E-state index in [4.69, 9.17) is 16.3 Å². The van der Waals surface area contributed by atoms with Crippen molar-refractivity contribution in [3.63, 3.8) is 0 Å². The number of methoxy groups -OCH3 is 1. The number of carbonyl (C=O) groups is 1. The molecular weight excluding hydrogens is 274 g/mol. The fourth-order valence-corrected chi connectivity index (χ4v) is 3.27. The van der Waals surface area contributed by atoms with Crippen LogP contribution in [0.5, 0.6) is 0 Å². The molecule has 20 heavy (non-hydrogen) atoms. The zero-order chi connectivity index (χ0) is 14.7. The minimum Gasteiger partial charge on any atom is -0.465 e. The van der Waals surface area contributed by atoms with Gasteiger partial charge in [0.05, 0.1) is 12.7 Å². The largest absolute Gasteiger partial charge is 0.465 e. The highest BCUT2D eigenvalue weighted by Gasteiger charge is 2.20. The molecule has 0 amide bonds. The highest BCUT2D eigenvalue weighted by atomic mass is 35.5. The van der Waals surface area contributed by atoms with Gasteiger partial charge in [-0.3, -0.25) is 0 Å². The molecule has 0 spiro atoms. The third kappa shape index (κ3) is 3.26. The van der Waals surface area contributed by atoms with Crippen molar-refractivity contribution in [2.45, 2.75) is 32.6 Å². The first-order valence-corrected chi connectivity index (χ1v) is 7.50. The van der Waals surface area contributed by atoms with Crippen molar-refractivity contribution >= 4 is 23.3 Å². The highest BCUT2D eigenvalue weighted by Crippen LogP contribution is 2.31. The molecule has 1 aromatic carbocycles. The normalized spacial score (nSPS) is 15.4. The van der Waals surface area contributed by atoms with Crippen LogP contribution in [0.1, 0.15) is 41.6 Å². The van der Waals surface area contributed by atoms with Gasteiger partial charge in [0, 0.05) is 24.3 Å². The maximum Gasteiger partial charge on any atom is 0.338 e. The van der Waals surface area contributed by atoms with Crippen LogP contribution in [0.2, 0.25) is 5.02 Å². The lowest BCUT2D eigenvalue weighted by Gasteiger charge is -2.26. The molecule has 1 aliphatic carbocycles. The Labute approximate surface area is 125 Å². The first kappa shape index (κ1) is 15.2. The van der Waals surface area contributed by atoms with Crippen LogP contribution in [0.4, 0.5) is 5.69 Å². The van der Waals surface area contributed by atoms with Gasteiger partial charge in [-0.25, -0.2) is 4.79 Å². The van der Waals surface area contributed by atoms with Crippen LogP contribution in [-0.2, 0) is 4.74 Å². The van der Waals surface area contributed by atoms with Gasteiger partial charge < -0.3 is 9.64 Å². The zero-order valence-corrected chi connectivity index (χ0v) is 13.2. The summed E-state index contributed by atoms with van der Waals surface area (Å²) in [6, 6.07) is 3.61. The summed E-state index contributed by atoms with van der Waals surface area (Å²) in [6.45, 7) is 2.96. The van der Waals surface area contributed by atoms with Crippen molar-refractivity contribution < 1.29 is 9.53 Å². The van der Waals surface area contributed by atoms with Crippen molar-refractivity contribution in [3.8, 4) is 0 Å². The summed E-state index contributed by atoms with van der Waals surface area (Å²) in [4.78, 5) is 14.0. The second-order valence-corrected chi connectivity index (χ2v) is 6.06. The van der Waals surface area contributed by atoms with Crippen LogP contribution in [0.3, 0.4) is 0 Å². The molecule has 0 N–H and O–H groups in total. The van der Waals surface area contributed by atoms with E-state index < -0.39 is 0 Å². The second-order valence-electron chi connectivity index (χ2n) is 5.62. The number of anilines is 1. The van der Waals surface area contributed by atoms with E-state index in [1.165, 1.54) is 32.8 Å². The summed E-state index contributed by atoms with van der Waals surface area (Å²) in [5.74, 6) is 0.417. The Morgan fingerprint density at radius 2 is 2.05 bits per heavy atom. The van der Waals surface area contributed by atoms with E-state index in [9.17, 15) is 4.79 Å². The van der Waals surface area contributed by atoms with Crippen molar-refractivity contribution in [2.75, 3.05) is 25.6 Å². The Morgan fingerprint density at radius 1 is 1.40 bits per heavy atom. The summed E-state index contributed by atoms with van der Waals surface area (Å²) in [5, 5.41) is 0.573. The van der Waals surface area contributed by atoms with Crippen molar-refractivity contribution in [1.29, 1.82) is 0 Å². The van der Waals surface area contributed by atoms with E-state index in [2.05, 4.69) is 11.9 Å². The van der Waals surface area contributed by atoms with Crippen molar-refractivity contribution in [3.05, 3.63) is 28.3 Å². The van der Waals surface area contributed by atoms with Gasteiger partial charge in [0.15, 0.2) is 0 Å². The SMILES string of the molecule is COC(=O)c1cc(Cl)cc(N(C)CC2CCCC2)c1C. The predicted octanol–water partition coefficient (Wildman–Crippen LogP) is 4.06.